The second-order valence-electron chi connectivity index (χ2n) is 6.72. The van der Waals surface area contributed by atoms with Crippen molar-refractivity contribution in [1.82, 2.24) is 14.6 Å². The molecule has 3 fully saturated rings. The van der Waals surface area contributed by atoms with E-state index in [1.54, 1.807) is 19.9 Å². The van der Waals surface area contributed by atoms with Gasteiger partial charge in [0.15, 0.2) is 10.8 Å². The maximum absolute atomic E-state index is 13.1. The Morgan fingerprint density at radius 1 is 1.32 bits per heavy atom. The second-order valence-corrected chi connectivity index (χ2v) is 7.10. The standard InChI is InChI=1S/C15H14ClF2N3O/c1-7-8(2)19-11-9(3-10(16)20-21(11)12(7)22)14-4-15(5-14,6-14)13(17)18/h3,13H,4-6H2,1-2H3. The molecule has 0 saturated heterocycles. The summed E-state index contributed by atoms with van der Waals surface area (Å²) in [5.41, 5.74) is 0.935. The van der Waals surface area contributed by atoms with E-state index in [1.165, 1.54) is 4.52 Å². The van der Waals surface area contributed by atoms with Crippen molar-refractivity contribution in [1.29, 1.82) is 0 Å². The zero-order valence-corrected chi connectivity index (χ0v) is 12.9. The summed E-state index contributed by atoms with van der Waals surface area (Å²) in [6, 6.07) is 1.67. The van der Waals surface area contributed by atoms with Gasteiger partial charge in [-0.25, -0.2) is 13.8 Å². The molecule has 0 aliphatic heterocycles. The Labute approximate surface area is 130 Å². The Kier molecular flexibility index (Phi) is 2.58. The number of aryl methyl sites for hydroxylation is 1. The van der Waals surface area contributed by atoms with Gasteiger partial charge in [0.2, 0.25) is 6.43 Å². The fourth-order valence-electron chi connectivity index (χ4n) is 4.05. The molecule has 0 N–H and O–H groups in total. The average molecular weight is 326 g/mol. The van der Waals surface area contributed by atoms with Crippen molar-refractivity contribution >= 4 is 17.2 Å². The van der Waals surface area contributed by atoms with Gasteiger partial charge in [-0.05, 0) is 39.2 Å². The molecule has 0 aromatic carbocycles. The molecule has 0 spiro atoms. The number of halogens is 3. The number of hydrogen-bond acceptors (Lipinski definition) is 3. The maximum atomic E-state index is 13.1. The summed E-state index contributed by atoms with van der Waals surface area (Å²) in [6.07, 6.45) is -1.01. The molecule has 2 bridgehead atoms. The Morgan fingerprint density at radius 2 is 1.95 bits per heavy atom. The van der Waals surface area contributed by atoms with E-state index in [1.807, 2.05) is 0 Å². The number of nitrogens with zero attached hydrogens (tertiary/aromatic N) is 3. The Bertz CT molecular complexity index is 857. The van der Waals surface area contributed by atoms with Gasteiger partial charge in [-0.2, -0.15) is 9.61 Å². The van der Waals surface area contributed by atoms with Gasteiger partial charge in [0.1, 0.15) is 0 Å². The average Bonchev–Trinajstić information content (AvgIpc) is 2.34. The summed E-state index contributed by atoms with van der Waals surface area (Å²) in [5, 5.41) is 4.22. The number of aromatic nitrogens is 3. The summed E-state index contributed by atoms with van der Waals surface area (Å²) >= 11 is 6.04. The lowest BCUT2D eigenvalue weighted by Crippen LogP contribution is -2.67. The highest BCUT2D eigenvalue weighted by Crippen LogP contribution is 2.76. The molecule has 7 heteroatoms. The molecular formula is C15H14ClF2N3O. The number of rotatable bonds is 2. The van der Waals surface area contributed by atoms with Gasteiger partial charge in [0.05, 0.1) is 0 Å². The fraction of sp³-hybridized carbons (Fsp3) is 0.533. The lowest BCUT2D eigenvalue weighted by atomic mass is 9.33. The minimum Gasteiger partial charge on any atom is -0.267 e. The first-order chi connectivity index (χ1) is 10.3. The van der Waals surface area contributed by atoms with Crippen LogP contribution in [0.25, 0.3) is 5.65 Å². The van der Waals surface area contributed by atoms with E-state index < -0.39 is 11.8 Å². The van der Waals surface area contributed by atoms with Crippen LogP contribution in [0.15, 0.2) is 10.9 Å². The first kappa shape index (κ1) is 14.1. The van der Waals surface area contributed by atoms with E-state index in [2.05, 4.69) is 10.1 Å². The zero-order chi connectivity index (χ0) is 15.9. The summed E-state index contributed by atoms with van der Waals surface area (Å²) in [6.45, 7) is 3.45. The van der Waals surface area contributed by atoms with Crippen LogP contribution in [0.3, 0.4) is 0 Å². The minimum absolute atomic E-state index is 0.186. The van der Waals surface area contributed by atoms with Gasteiger partial charge >= 0.3 is 0 Å². The van der Waals surface area contributed by atoms with Crippen molar-refractivity contribution < 1.29 is 8.78 Å². The third kappa shape index (κ3) is 1.54. The third-order valence-electron chi connectivity index (χ3n) is 5.34. The quantitative estimate of drug-likeness (QED) is 0.852. The van der Waals surface area contributed by atoms with Gasteiger partial charge in [-0.1, -0.05) is 11.6 Å². The topological polar surface area (TPSA) is 47.3 Å². The highest BCUT2D eigenvalue weighted by Gasteiger charge is 2.72. The van der Waals surface area contributed by atoms with E-state index in [4.69, 9.17) is 11.6 Å². The van der Waals surface area contributed by atoms with Crippen LogP contribution < -0.4 is 5.56 Å². The van der Waals surface area contributed by atoms with Crippen molar-refractivity contribution in [3.63, 3.8) is 0 Å². The SMILES string of the molecule is Cc1nc2c(C34CC(C(F)F)(C3)C4)cc(Cl)nn2c(=O)c1C. The van der Waals surface area contributed by atoms with Crippen molar-refractivity contribution in [2.24, 2.45) is 5.41 Å². The second kappa shape index (κ2) is 4.04. The van der Waals surface area contributed by atoms with Crippen LogP contribution in [-0.2, 0) is 5.41 Å². The molecule has 0 unspecified atom stereocenters. The van der Waals surface area contributed by atoms with Crippen LogP contribution in [0.5, 0.6) is 0 Å². The van der Waals surface area contributed by atoms with Crippen LogP contribution >= 0.6 is 11.6 Å². The molecule has 22 heavy (non-hydrogen) atoms. The molecule has 2 aromatic rings. The predicted octanol–water partition coefficient (Wildman–Crippen LogP) is 3.05. The van der Waals surface area contributed by atoms with Gasteiger partial charge < -0.3 is 0 Å². The Balaban J connectivity index is 1.92. The maximum Gasteiger partial charge on any atom is 0.277 e. The number of fused-ring (bicyclic) bond motifs is 1. The minimum atomic E-state index is -2.29. The Hall–Kier alpha value is -1.56. The summed E-state index contributed by atoms with van der Waals surface area (Å²) < 4.78 is 27.3. The lowest BCUT2D eigenvalue weighted by molar-refractivity contribution is -0.221. The van der Waals surface area contributed by atoms with E-state index in [0.29, 0.717) is 36.2 Å². The van der Waals surface area contributed by atoms with Crippen molar-refractivity contribution in [3.8, 4) is 0 Å². The van der Waals surface area contributed by atoms with Crippen molar-refractivity contribution in [2.45, 2.75) is 45.0 Å². The fourth-order valence-corrected chi connectivity index (χ4v) is 4.23. The molecule has 3 saturated carbocycles. The largest absolute Gasteiger partial charge is 0.277 e. The van der Waals surface area contributed by atoms with Crippen molar-refractivity contribution in [2.75, 3.05) is 0 Å². The van der Waals surface area contributed by atoms with Crippen LogP contribution in [-0.4, -0.2) is 21.0 Å². The van der Waals surface area contributed by atoms with Crippen LogP contribution in [0.4, 0.5) is 8.78 Å². The highest BCUT2D eigenvalue weighted by molar-refractivity contribution is 6.29. The van der Waals surface area contributed by atoms with Gasteiger partial charge in [-0.15, -0.1) is 0 Å². The van der Waals surface area contributed by atoms with Crippen LogP contribution in [0, 0.1) is 19.3 Å². The molecule has 3 aliphatic carbocycles. The molecule has 116 valence electrons. The van der Waals surface area contributed by atoms with Crippen molar-refractivity contribution in [3.05, 3.63) is 38.4 Å². The molecule has 0 atom stereocenters. The monoisotopic (exact) mass is 325 g/mol. The third-order valence-corrected chi connectivity index (χ3v) is 5.52. The smallest absolute Gasteiger partial charge is 0.267 e. The van der Waals surface area contributed by atoms with Crippen LogP contribution in [0.2, 0.25) is 5.15 Å². The highest BCUT2D eigenvalue weighted by atomic mass is 35.5. The van der Waals surface area contributed by atoms with Gasteiger partial charge in [-0.3, -0.25) is 4.79 Å². The molecule has 2 heterocycles. The number of alkyl halides is 2. The first-order valence-corrected chi connectivity index (χ1v) is 7.51. The number of hydrogen-bond donors (Lipinski definition) is 0. The van der Waals surface area contributed by atoms with E-state index in [0.717, 1.165) is 5.56 Å². The van der Waals surface area contributed by atoms with E-state index in [9.17, 15) is 13.6 Å². The normalized spacial score (nSPS) is 29.5. The molecule has 0 radical (unpaired) electrons. The molecule has 3 aliphatic rings. The van der Waals surface area contributed by atoms with E-state index >= 15 is 0 Å². The lowest BCUT2D eigenvalue weighted by Gasteiger charge is -2.70. The Morgan fingerprint density at radius 3 is 2.55 bits per heavy atom. The first-order valence-electron chi connectivity index (χ1n) is 7.13. The van der Waals surface area contributed by atoms with Gasteiger partial charge in [0, 0.05) is 27.7 Å². The predicted molar refractivity (Wildman–Crippen MR) is 77.7 cm³/mol. The molecule has 0 amide bonds. The summed E-state index contributed by atoms with van der Waals surface area (Å²) in [7, 11) is 0. The van der Waals surface area contributed by atoms with E-state index in [-0.39, 0.29) is 16.1 Å². The summed E-state index contributed by atoms with van der Waals surface area (Å²) in [4.78, 5) is 16.8. The van der Waals surface area contributed by atoms with Gasteiger partial charge in [0.25, 0.3) is 5.56 Å². The molecule has 2 aromatic heterocycles. The molecule has 4 nitrogen and oxygen atoms in total. The molecular weight excluding hydrogens is 312 g/mol. The van der Waals surface area contributed by atoms with Crippen LogP contribution in [0.1, 0.15) is 36.1 Å². The molecule has 5 rings (SSSR count). The summed E-state index contributed by atoms with van der Waals surface area (Å²) in [5.74, 6) is 0. The zero-order valence-electron chi connectivity index (χ0n) is 12.2.